The Morgan fingerprint density at radius 2 is 1.83 bits per heavy atom. The Kier molecular flexibility index (Phi) is 5.33. The van der Waals surface area contributed by atoms with E-state index in [-0.39, 0.29) is 0 Å². The van der Waals surface area contributed by atoms with Crippen LogP contribution in [0.4, 0.5) is 0 Å². The first kappa shape index (κ1) is 15.6. The van der Waals surface area contributed by atoms with E-state index in [9.17, 15) is 8.42 Å². The minimum absolute atomic E-state index is 0.319. The molecule has 0 aliphatic rings. The predicted molar refractivity (Wildman–Crippen MR) is 76.9 cm³/mol. The molecule has 1 rings (SSSR count). The summed E-state index contributed by atoms with van der Waals surface area (Å²) in [5.41, 5.74) is 7.12. The fourth-order valence-electron chi connectivity index (χ4n) is 1.80. The molecule has 0 atom stereocenters. The van der Waals surface area contributed by atoms with Gasteiger partial charge in [-0.15, -0.1) is 0 Å². The van der Waals surface area contributed by atoms with E-state index in [0.717, 1.165) is 15.6 Å². The van der Waals surface area contributed by atoms with Gasteiger partial charge in [0.1, 0.15) is 0 Å². The van der Waals surface area contributed by atoms with Crippen LogP contribution >= 0.6 is 15.9 Å². The van der Waals surface area contributed by atoms with Gasteiger partial charge in [-0.1, -0.05) is 29.8 Å². The van der Waals surface area contributed by atoms with E-state index >= 15 is 0 Å². The minimum atomic E-state index is -3.44. The van der Waals surface area contributed by atoms with Gasteiger partial charge in [0.05, 0.1) is 4.90 Å². The third kappa shape index (κ3) is 2.93. The second kappa shape index (κ2) is 6.14. The standard InChI is InChI=1S/C12H19BrN2O2S/c1-4-15(5-2)18(16,17)12-7-10(8-14)6-11(13)9(12)3/h6-7H,4-5,8,14H2,1-3H3. The zero-order valence-corrected chi connectivity index (χ0v) is 13.3. The number of benzene rings is 1. The number of hydrogen-bond acceptors (Lipinski definition) is 3. The quantitative estimate of drug-likeness (QED) is 0.898. The normalized spacial score (nSPS) is 12.1. The van der Waals surface area contributed by atoms with Gasteiger partial charge in [0.15, 0.2) is 0 Å². The largest absolute Gasteiger partial charge is 0.326 e. The van der Waals surface area contributed by atoms with E-state index in [1.807, 2.05) is 19.9 Å². The molecule has 0 bridgehead atoms. The summed E-state index contributed by atoms with van der Waals surface area (Å²) in [5, 5.41) is 0. The molecule has 102 valence electrons. The molecule has 18 heavy (non-hydrogen) atoms. The van der Waals surface area contributed by atoms with Gasteiger partial charge in [-0.25, -0.2) is 8.42 Å². The van der Waals surface area contributed by atoms with Crippen LogP contribution in [0.3, 0.4) is 0 Å². The Labute approximate surface area is 117 Å². The summed E-state index contributed by atoms with van der Waals surface area (Å²) in [6.45, 7) is 6.70. The van der Waals surface area contributed by atoms with Crippen LogP contribution in [0.5, 0.6) is 0 Å². The van der Waals surface area contributed by atoms with Gasteiger partial charge < -0.3 is 5.73 Å². The lowest BCUT2D eigenvalue weighted by Crippen LogP contribution is -2.31. The molecule has 1 aromatic carbocycles. The molecule has 0 radical (unpaired) electrons. The Bertz CT molecular complexity index is 525. The molecule has 2 N–H and O–H groups in total. The average molecular weight is 335 g/mol. The molecule has 0 spiro atoms. The van der Waals surface area contributed by atoms with Gasteiger partial charge in [0, 0.05) is 24.1 Å². The number of hydrogen-bond donors (Lipinski definition) is 1. The van der Waals surface area contributed by atoms with Crippen LogP contribution in [-0.4, -0.2) is 25.8 Å². The first-order chi connectivity index (χ1) is 8.38. The van der Waals surface area contributed by atoms with E-state index in [2.05, 4.69) is 15.9 Å². The lowest BCUT2D eigenvalue weighted by molar-refractivity contribution is 0.444. The summed E-state index contributed by atoms with van der Waals surface area (Å²) in [7, 11) is -3.44. The molecule has 1 aromatic rings. The smallest absolute Gasteiger partial charge is 0.243 e. The molecular formula is C12H19BrN2O2S. The Morgan fingerprint density at radius 1 is 1.28 bits per heavy atom. The zero-order valence-electron chi connectivity index (χ0n) is 10.9. The SMILES string of the molecule is CCN(CC)S(=O)(=O)c1cc(CN)cc(Br)c1C. The van der Waals surface area contributed by atoms with Crippen LogP contribution in [0, 0.1) is 6.92 Å². The van der Waals surface area contributed by atoms with E-state index in [1.54, 1.807) is 13.0 Å². The van der Waals surface area contributed by atoms with Gasteiger partial charge in [0.25, 0.3) is 0 Å². The van der Waals surface area contributed by atoms with Gasteiger partial charge in [-0.05, 0) is 30.2 Å². The molecule has 0 unspecified atom stereocenters. The van der Waals surface area contributed by atoms with Crippen molar-refractivity contribution < 1.29 is 8.42 Å². The van der Waals surface area contributed by atoms with Crippen molar-refractivity contribution in [2.75, 3.05) is 13.1 Å². The highest BCUT2D eigenvalue weighted by atomic mass is 79.9. The highest BCUT2D eigenvalue weighted by molar-refractivity contribution is 9.10. The molecule has 0 aliphatic carbocycles. The first-order valence-corrected chi connectivity index (χ1v) is 8.11. The van der Waals surface area contributed by atoms with Crippen LogP contribution in [0.25, 0.3) is 0 Å². The van der Waals surface area contributed by atoms with Crippen molar-refractivity contribution >= 4 is 26.0 Å². The van der Waals surface area contributed by atoms with Crippen LogP contribution in [-0.2, 0) is 16.6 Å². The molecule has 0 saturated carbocycles. The van der Waals surface area contributed by atoms with Crippen molar-refractivity contribution in [3.8, 4) is 0 Å². The number of halogens is 1. The van der Waals surface area contributed by atoms with Crippen molar-refractivity contribution in [2.45, 2.75) is 32.2 Å². The highest BCUT2D eigenvalue weighted by Crippen LogP contribution is 2.27. The van der Waals surface area contributed by atoms with Crippen molar-refractivity contribution in [1.29, 1.82) is 0 Å². The average Bonchev–Trinajstić information content (AvgIpc) is 2.33. The topological polar surface area (TPSA) is 63.4 Å². The van der Waals surface area contributed by atoms with Crippen LogP contribution in [0.1, 0.15) is 25.0 Å². The van der Waals surface area contributed by atoms with Crippen LogP contribution in [0.15, 0.2) is 21.5 Å². The molecule has 0 heterocycles. The fourth-order valence-corrected chi connectivity index (χ4v) is 4.19. The van der Waals surface area contributed by atoms with Gasteiger partial charge in [0.2, 0.25) is 10.0 Å². The van der Waals surface area contributed by atoms with Crippen molar-refractivity contribution in [3.63, 3.8) is 0 Å². The molecular weight excluding hydrogens is 316 g/mol. The molecule has 0 aliphatic heterocycles. The maximum Gasteiger partial charge on any atom is 0.243 e. The lowest BCUT2D eigenvalue weighted by atomic mass is 10.1. The molecule has 0 fully saturated rings. The summed E-state index contributed by atoms with van der Waals surface area (Å²) >= 11 is 3.38. The molecule has 6 heteroatoms. The van der Waals surface area contributed by atoms with Crippen molar-refractivity contribution in [2.24, 2.45) is 5.73 Å². The summed E-state index contributed by atoms with van der Waals surface area (Å²) in [6, 6.07) is 3.52. The molecule has 0 aromatic heterocycles. The van der Waals surface area contributed by atoms with Crippen LogP contribution in [0.2, 0.25) is 0 Å². The Balaban J connectivity index is 3.45. The summed E-state index contributed by atoms with van der Waals surface area (Å²) < 4.78 is 27.2. The zero-order chi connectivity index (χ0) is 13.9. The second-order valence-corrected chi connectivity index (χ2v) is 6.75. The first-order valence-electron chi connectivity index (χ1n) is 5.87. The number of rotatable bonds is 5. The van der Waals surface area contributed by atoms with E-state index < -0.39 is 10.0 Å². The van der Waals surface area contributed by atoms with E-state index in [4.69, 9.17) is 5.73 Å². The van der Waals surface area contributed by atoms with Crippen LogP contribution < -0.4 is 5.73 Å². The summed E-state index contributed by atoms with van der Waals surface area (Å²) in [5.74, 6) is 0. The van der Waals surface area contributed by atoms with Gasteiger partial charge >= 0.3 is 0 Å². The maximum absolute atomic E-state index is 12.5. The lowest BCUT2D eigenvalue weighted by Gasteiger charge is -2.20. The van der Waals surface area contributed by atoms with Gasteiger partial charge in [-0.3, -0.25) is 0 Å². The van der Waals surface area contributed by atoms with Crippen molar-refractivity contribution in [3.05, 3.63) is 27.7 Å². The fraction of sp³-hybridized carbons (Fsp3) is 0.500. The van der Waals surface area contributed by atoms with E-state index in [1.165, 1.54) is 4.31 Å². The summed E-state index contributed by atoms with van der Waals surface area (Å²) in [6.07, 6.45) is 0. The Hall–Kier alpha value is -0.430. The maximum atomic E-state index is 12.5. The van der Waals surface area contributed by atoms with E-state index in [0.29, 0.717) is 24.5 Å². The monoisotopic (exact) mass is 334 g/mol. The highest BCUT2D eigenvalue weighted by Gasteiger charge is 2.24. The third-order valence-electron chi connectivity index (χ3n) is 2.92. The molecule has 0 amide bonds. The number of sulfonamides is 1. The van der Waals surface area contributed by atoms with Gasteiger partial charge in [-0.2, -0.15) is 4.31 Å². The Morgan fingerprint density at radius 3 is 2.28 bits per heavy atom. The number of nitrogens with zero attached hydrogens (tertiary/aromatic N) is 1. The number of nitrogens with two attached hydrogens (primary N) is 1. The minimum Gasteiger partial charge on any atom is -0.326 e. The second-order valence-electron chi connectivity index (χ2n) is 3.99. The molecule has 0 saturated heterocycles. The predicted octanol–water partition coefficient (Wildman–Crippen LogP) is 2.25. The third-order valence-corrected chi connectivity index (χ3v) is 5.92. The van der Waals surface area contributed by atoms with Crippen molar-refractivity contribution in [1.82, 2.24) is 4.31 Å². The summed E-state index contributed by atoms with van der Waals surface area (Å²) in [4.78, 5) is 0.334. The molecule has 4 nitrogen and oxygen atoms in total.